The first-order valence-corrected chi connectivity index (χ1v) is 4.05. The van der Waals surface area contributed by atoms with Crippen molar-refractivity contribution in [3.05, 3.63) is 34.9 Å². The Labute approximate surface area is 87.9 Å². The third-order valence-electron chi connectivity index (χ3n) is 1.68. The smallest absolute Gasteiger partial charge is 0.276 e. The Morgan fingerprint density at radius 2 is 2.00 bits per heavy atom. The summed E-state index contributed by atoms with van der Waals surface area (Å²) >= 11 is 5.08. The predicted octanol–water partition coefficient (Wildman–Crippen LogP) is 2.96. The van der Waals surface area contributed by atoms with Crippen LogP contribution in [0.3, 0.4) is 0 Å². The third kappa shape index (κ3) is 2.48. The van der Waals surface area contributed by atoms with Gasteiger partial charge >= 0.3 is 6.18 Å². The number of hydrogen-bond acceptors (Lipinski definition) is 2. The quantitative estimate of drug-likeness (QED) is 0.700. The van der Waals surface area contributed by atoms with Crippen molar-refractivity contribution in [1.82, 2.24) is 0 Å². The van der Waals surface area contributed by atoms with Gasteiger partial charge in [0.15, 0.2) is 0 Å². The fourth-order valence-corrected chi connectivity index (χ4v) is 1.15. The Morgan fingerprint density at radius 3 is 2.40 bits per heavy atom. The molecular weight excluding hydrogens is 231 g/mol. The highest BCUT2D eigenvalue weighted by Crippen LogP contribution is 2.30. The van der Waals surface area contributed by atoms with E-state index in [-0.39, 0.29) is 11.1 Å². The van der Waals surface area contributed by atoms with Gasteiger partial charge in [-0.05, 0) is 29.8 Å². The van der Waals surface area contributed by atoms with E-state index in [1.807, 2.05) is 0 Å². The number of alkyl halides is 3. The Kier molecular flexibility index (Phi) is 3.01. The molecule has 1 aromatic rings. The van der Waals surface area contributed by atoms with Crippen molar-refractivity contribution >= 4 is 16.8 Å². The summed E-state index contributed by atoms with van der Waals surface area (Å²) in [6.45, 7) is 0. The molecule has 6 heteroatoms. The Balaban J connectivity index is 3.34. The van der Waals surface area contributed by atoms with Gasteiger partial charge in [-0.1, -0.05) is 0 Å². The standard InChI is InChI=1S/C9H3ClF3NO/c10-8(15)7-2-1-6(9(11,12)13)3-5(7)4-14/h1-3H. The lowest BCUT2D eigenvalue weighted by molar-refractivity contribution is -0.137. The lowest BCUT2D eigenvalue weighted by Crippen LogP contribution is -2.06. The molecule has 0 aliphatic rings. The Morgan fingerprint density at radius 1 is 1.40 bits per heavy atom. The molecule has 0 N–H and O–H groups in total. The van der Waals surface area contributed by atoms with Crippen molar-refractivity contribution < 1.29 is 18.0 Å². The number of hydrogen-bond donors (Lipinski definition) is 0. The first kappa shape index (κ1) is 11.5. The summed E-state index contributed by atoms with van der Waals surface area (Å²) < 4.78 is 36.6. The Bertz CT molecular complexity index is 448. The maximum absolute atomic E-state index is 12.2. The van der Waals surface area contributed by atoms with E-state index < -0.39 is 17.0 Å². The molecule has 0 saturated heterocycles. The minimum atomic E-state index is -4.54. The number of rotatable bonds is 1. The molecule has 0 aliphatic carbocycles. The van der Waals surface area contributed by atoms with Gasteiger partial charge in [0.05, 0.1) is 22.8 Å². The summed E-state index contributed by atoms with van der Waals surface area (Å²) in [5.41, 5.74) is -1.60. The van der Waals surface area contributed by atoms with E-state index in [1.54, 1.807) is 0 Å². The highest BCUT2D eigenvalue weighted by molar-refractivity contribution is 6.68. The summed E-state index contributed by atoms with van der Waals surface area (Å²) in [5, 5.41) is 7.57. The van der Waals surface area contributed by atoms with Crippen LogP contribution in [0.15, 0.2) is 18.2 Å². The fraction of sp³-hybridized carbons (Fsp3) is 0.111. The number of carbonyl (C=O) groups excluding carboxylic acids is 1. The molecule has 0 saturated carbocycles. The molecule has 0 aliphatic heterocycles. The minimum absolute atomic E-state index is 0.229. The lowest BCUT2D eigenvalue weighted by atomic mass is 10.1. The zero-order chi connectivity index (χ0) is 11.6. The topological polar surface area (TPSA) is 40.9 Å². The maximum Gasteiger partial charge on any atom is 0.416 e. The summed E-state index contributed by atoms with van der Waals surface area (Å²) in [5.74, 6) is 0. The van der Waals surface area contributed by atoms with Crippen LogP contribution in [0.1, 0.15) is 21.5 Å². The zero-order valence-corrected chi connectivity index (χ0v) is 7.86. The number of halogens is 4. The van der Waals surface area contributed by atoms with Crippen LogP contribution in [0.4, 0.5) is 13.2 Å². The first-order valence-electron chi connectivity index (χ1n) is 3.67. The summed E-state index contributed by atoms with van der Waals surface area (Å²) in [4.78, 5) is 10.7. The third-order valence-corrected chi connectivity index (χ3v) is 1.88. The molecule has 2 nitrogen and oxygen atoms in total. The molecule has 0 unspecified atom stereocenters. The van der Waals surface area contributed by atoms with Crippen LogP contribution in [0.25, 0.3) is 0 Å². The van der Waals surface area contributed by atoms with E-state index in [2.05, 4.69) is 0 Å². The van der Waals surface area contributed by atoms with Gasteiger partial charge < -0.3 is 0 Å². The maximum atomic E-state index is 12.2. The van der Waals surface area contributed by atoms with Gasteiger partial charge in [-0.25, -0.2) is 0 Å². The van der Waals surface area contributed by atoms with Crippen LogP contribution in [0, 0.1) is 11.3 Å². The van der Waals surface area contributed by atoms with Crippen molar-refractivity contribution in [2.24, 2.45) is 0 Å². The molecule has 0 heterocycles. The zero-order valence-electron chi connectivity index (χ0n) is 7.10. The number of benzene rings is 1. The molecule has 0 aromatic heterocycles. The molecule has 0 fully saturated rings. The molecule has 0 atom stereocenters. The second kappa shape index (κ2) is 3.91. The first-order chi connectivity index (χ1) is 6.86. The SMILES string of the molecule is N#Cc1cc(C(F)(F)F)ccc1C(=O)Cl. The average Bonchev–Trinajstić information content (AvgIpc) is 2.15. The largest absolute Gasteiger partial charge is 0.416 e. The molecule has 0 spiro atoms. The molecule has 0 bridgehead atoms. The van der Waals surface area contributed by atoms with E-state index in [1.165, 1.54) is 6.07 Å². The molecule has 0 radical (unpaired) electrons. The van der Waals surface area contributed by atoms with Gasteiger partial charge in [0, 0.05) is 0 Å². The van der Waals surface area contributed by atoms with Gasteiger partial charge in [0.1, 0.15) is 0 Å². The predicted molar refractivity (Wildman–Crippen MR) is 46.3 cm³/mol. The molecule has 0 amide bonds. The normalized spacial score (nSPS) is 10.9. The summed E-state index contributed by atoms with van der Waals surface area (Å²) in [7, 11) is 0. The van der Waals surface area contributed by atoms with Crippen molar-refractivity contribution in [1.29, 1.82) is 5.26 Å². The van der Waals surface area contributed by atoms with Crippen LogP contribution in [-0.4, -0.2) is 5.24 Å². The molecule has 78 valence electrons. The van der Waals surface area contributed by atoms with E-state index in [9.17, 15) is 18.0 Å². The summed E-state index contributed by atoms with van der Waals surface area (Å²) in [6, 6.07) is 3.67. The lowest BCUT2D eigenvalue weighted by Gasteiger charge is -2.07. The fourth-order valence-electron chi connectivity index (χ4n) is 0.984. The molecule has 15 heavy (non-hydrogen) atoms. The van der Waals surface area contributed by atoms with Crippen molar-refractivity contribution in [3.63, 3.8) is 0 Å². The highest BCUT2D eigenvalue weighted by atomic mass is 35.5. The monoisotopic (exact) mass is 233 g/mol. The second-order valence-electron chi connectivity index (χ2n) is 2.64. The van der Waals surface area contributed by atoms with Crippen LogP contribution in [0.5, 0.6) is 0 Å². The number of carbonyl (C=O) groups is 1. The van der Waals surface area contributed by atoms with Crippen molar-refractivity contribution in [2.75, 3.05) is 0 Å². The van der Waals surface area contributed by atoms with E-state index >= 15 is 0 Å². The highest BCUT2D eigenvalue weighted by Gasteiger charge is 2.31. The van der Waals surface area contributed by atoms with E-state index in [0.29, 0.717) is 12.1 Å². The van der Waals surface area contributed by atoms with Crippen LogP contribution in [0.2, 0.25) is 0 Å². The molecular formula is C9H3ClF3NO. The number of nitriles is 1. The van der Waals surface area contributed by atoms with Crippen LogP contribution >= 0.6 is 11.6 Å². The van der Waals surface area contributed by atoms with E-state index in [0.717, 1.165) is 6.07 Å². The number of nitrogens with zero attached hydrogens (tertiary/aromatic N) is 1. The van der Waals surface area contributed by atoms with Crippen molar-refractivity contribution in [3.8, 4) is 6.07 Å². The minimum Gasteiger partial charge on any atom is -0.276 e. The van der Waals surface area contributed by atoms with Crippen LogP contribution in [-0.2, 0) is 6.18 Å². The van der Waals surface area contributed by atoms with Gasteiger partial charge in [0.2, 0.25) is 0 Å². The summed E-state index contributed by atoms with van der Waals surface area (Å²) in [6.07, 6.45) is -4.54. The van der Waals surface area contributed by atoms with Crippen LogP contribution < -0.4 is 0 Å². The van der Waals surface area contributed by atoms with Gasteiger partial charge in [-0.2, -0.15) is 18.4 Å². The molecule has 1 rings (SSSR count). The Hall–Kier alpha value is -1.54. The van der Waals surface area contributed by atoms with Gasteiger partial charge in [-0.15, -0.1) is 0 Å². The van der Waals surface area contributed by atoms with Gasteiger partial charge in [-0.3, -0.25) is 4.79 Å². The van der Waals surface area contributed by atoms with Gasteiger partial charge in [0.25, 0.3) is 5.24 Å². The molecule has 1 aromatic carbocycles. The second-order valence-corrected chi connectivity index (χ2v) is 2.99. The average molecular weight is 234 g/mol. The van der Waals surface area contributed by atoms with Crippen molar-refractivity contribution in [2.45, 2.75) is 6.18 Å². The van der Waals surface area contributed by atoms with E-state index in [4.69, 9.17) is 16.9 Å².